The van der Waals surface area contributed by atoms with E-state index in [4.69, 9.17) is 5.73 Å². The quantitative estimate of drug-likeness (QED) is 0.855. The Morgan fingerprint density at radius 1 is 1.23 bits per heavy atom. The first-order valence-corrected chi connectivity index (χ1v) is 9.12. The zero-order chi connectivity index (χ0) is 14.7. The van der Waals surface area contributed by atoms with Crippen LogP contribution in [-0.2, 0) is 4.79 Å². The molecule has 0 bridgehead atoms. The first kappa shape index (κ1) is 17.5. The van der Waals surface area contributed by atoms with E-state index in [9.17, 15) is 4.79 Å². The zero-order valence-electron chi connectivity index (χ0n) is 12.2. The fourth-order valence-corrected chi connectivity index (χ4v) is 4.77. The Morgan fingerprint density at radius 2 is 1.86 bits per heavy atom. The minimum Gasteiger partial charge on any atom is -0.343 e. The number of hydrogen-bond donors (Lipinski definition) is 2. The normalized spacial score (nSPS) is 20.8. The topological polar surface area (TPSA) is 55.1 Å². The molecule has 0 aromatic carbocycles. The van der Waals surface area contributed by atoms with Crippen LogP contribution in [0.1, 0.15) is 35.1 Å². The minimum atomic E-state index is -0.0171. The standard InChI is InChI=1S/C16H20N2OS2.ClH/c17-10-11-4-1-5-12(11)16(19)18-15(13-6-2-8-20-13)14-7-3-9-21-14;/h2-3,6-9,11-12,15H,1,4-5,10,17H2,(H,18,19);1H/t11-,12-;/m1./s1. The highest BCUT2D eigenvalue weighted by atomic mass is 35.5. The molecule has 3 rings (SSSR count). The van der Waals surface area contributed by atoms with Gasteiger partial charge in [-0.05, 0) is 48.2 Å². The van der Waals surface area contributed by atoms with Crippen LogP contribution in [0.4, 0.5) is 0 Å². The third-order valence-corrected chi connectivity index (χ3v) is 6.11. The number of nitrogens with two attached hydrogens (primary N) is 1. The molecule has 2 heterocycles. The maximum absolute atomic E-state index is 12.7. The largest absolute Gasteiger partial charge is 0.343 e. The maximum Gasteiger partial charge on any atom is 0.224 e. The van der Waals surface area contributed by atoms with E-state index in [1.807, 2.05) is 12.1 Å². The van der Waals surface area contributed by atoms with Crippen LogP contribution in [0, 0.1) is 11.8 Å². The predicted octanol–water partition coefficient (Wildman–Crippen LogP) is 3.81. The van der Waals surface area contributed by atoms with Gasteiger partial charge in [-0.25, -0.2) is 0 Å². The molecule has 6 heteroatoms. The van der Waals surface area contributed by atoms with Crippen molar-refractivity contribution in [1.82, 2.24) is 5.32 Å². The molecule has 0 spiro atoms. The summed E-state index contributed by atoms with van der Waals surface area (Å²) >= 11 is 3.38. The molecule has 1 aliphatic carbocycles. The van der Waals surface area contributed by atoms with Crippen LogP contribution >= 0.6 is 35.1 Å². The number of hydrogen-bond acceptors (Lipinski definition) is 4. The smallest absolute Gasteiger partial charge is 0.224 e. The fourth-order valence-electron chi connectivity index (χ4n) is 3.11. The molecular formula is C16H21ClN2OS2. The van der Waals surface area contributed by atoms with Crippen molar-refractivity contribution in [1.29, 1.82) is 0 Å². The summed E-state index contributed by atoms with van der Waals surface area (Å²) < 4.78 is 0. The van der Waals surface area contributed by atoms with Gasteiger partial charge >= 0.3 is 0 Å². The van der Waals surface area contributed by atoms with Crippen LogP contribution in [0.25, 0.3) is 0 Å². The molecule has 22 heavy (non-hydrogen) atoms. The first-order valence-electron chi connectivity index (χ1n) is 7.37. The Bertz CT molecular complexity index is 537. The molecule has 120 valence electrons. The molecule has 1 fully saturated rings. The van der Waals surface area contributed by atoms with Crippen molar-refractivity contribution in [2.45, 2.75) is 25.3 Å². The first-order chi connectivity index (χ1) is 10.3. The van der Waals surface area contributed by atoms with Crippen LogP contribution in [-0.4, -0.2) is 12.5 Å². The van der Waals surface area contributed by atoms with Crippen LogP contribution in [0.2, 0.25) is 0 Å². The minimum absolute atomic E-state index is 0. The average molecular weight is 357 g/mol. The monoisotopic (exact) mass is 356 g/mol. The van der Waals surface area contributed by atoms with Gasteiger partial charge in [-0.15, -0.1) is 35.1 Å². The molecule has 0 saturated heterocycles. The molecule has 3 nitrogen and oxygen atoms in total. The Kier molecular flexibility index (Phi) is 6.44. The van der Waals surface area contributed by atoms with Gasteiger partial charge < -0.3 is 11.1 Å². The van der Waals surface area contributed by atoms with E-state index in [0.29, 0.717) is 12.5 Å². The lowest BCUT2D eigenvalue weighted by Crippen LogP contribution is -2.37. The van der Waals surface area contributed by atoms with Gasteiger partial charge in [0.1, 0.15) is 0 Å². The molecular weight excluding hydrogens is 336 g/mol. The van der Waals surface area contributed by atoms with Crippen molar-refractivity contribution >= 4 is 41.0 Å². The van der Waals surface area contributed by atoms with Gasteiger partial charge in [-0.2, -0.15) is 0 Å². The van der Waals surface area contributed by atoms with Crippen molar-refractivity contribution in [3.05, 3.63) is 44.8 Å². The van der Waals surface area contributed by atoms with Gasteiger partial charge in [0.05, 0.1) is 6.04 Å². The highest BCUT2D eigenvalue weighted by molar-refractivity contribution is 7.11. The van der Waals surface area contributed by atoms with Gasteiger partial charge in [0.25, 0.3) is 0 Å². The Morgan fingerprint density at radius 3 is 2.36 bits per heavy atom. The molecule has 0 unspecified atom stereocenters. The molecule has 1 saturated carbocycles. The van der Waals surface area contributed by atoms with E-state index >= 15 is 0 Å². The second kappa shape index (κ2) is 8.11. The molecule has 1 aliphatic rings. The number of carbonyl (C=O) groups is 1. The van der Waals surface area contributed by atoms with Gasteiger partial charge in [0, 0.05) is 15.7 Å². The third-order valence-electron chi connectivity index (χ3n) is 4.24. The number of thiophene rings is 2. The number of amides is 1. The zero-order valence-corrected chi connectivity index (χ0v) is 14.7. The van der Waals surface area contributed by atoms with Crippen LogP contribution in [0.5, 0.6) is 0 Å². The Balaban J connectivity index is 0.00000176. The SMILES string of the molecule is Cl.NC[C@H]1CCC[C@H]1C(=O)NC(c1cccs1)c1cccs1. The van der Waals surface area contributed by atoms with E-state index in [1.165, 1.54) is 9.75 Å². The molecule has 2 aromatic rings. The van der Waals surface area contributed by atoms with E-state index in [2.05, 4.69) is 28.2 Å². The van der Waals surface area contributed by atoms with Crippen molar-refractivity contribution < 1.29 is 4.79 Å². The van der Waals surface area contributed by atoms with Gasteiger partial charge in [-0.3, -0.25) is 4.79 Å². The Labute approximate surface area is 145 Å². The molecule has 2 aromatic heterocycles. The van der Waals surface area contributed by atoms with E-state index in [1.54, 1.807) is 22.7 Å². The summed E-state index contributed by atoms with van der Waals surface area (Å²) in [6.45, 7) is 0.612. The van der Waals surface area contributed by atoms with Crippen molar-refractivity contribution in [3.63, 3.8) is 0 Å². The summed E-state index contributed by atoms with van der Waals surface area (Å²) in [5.74, 6) is 0.587. The highest BCUT2D eigenvalue weighted by Gasteiger charge is 2.33. The van der Waals surface area contributed by atoms with Crippen molar-refractivity contribution in [2.24, 2.45) is 17.6 Å². The average Bonchev–Trinajstić information content (AvgIpc) is 3.26. The summed E-state index contributed by atoms with van der Waals surface area (Å²) in [7, 11) is 0. The third kappa shape index (κ3) is 3.71. The highest BCUT2D eigenvalue weighted by Crippen LogP contribution is 2.34. The van der Waals surface area contributed by atoms with Gasteiger partial charge in [0.2, 0.25) is 5.91 Å². The molecule has 1 amide bonds. The van der Waals surface area contributed by atoms with Crippen LogP contribution in [0.15, 0.2) is 35.0 Å². The number of carbonyl (C=O) groups excluding carboxylic acids is 1. The molecule has 3 N–H and O–H groups in total. The van der Waals surface area contributed by atoms with E-state index in [-0.39, 0.29) is 30.3 Å². The maximum atomic E-state index is 12.7. The number of nitrogens with one attached hydrogen (secondary N) is 1. The summed E-state index contributed by atoms with van der Waals surface area (Å²) in [5.41, 5.74) is 5.81. The lowest BCUT2D eigenvalue weighted by molar-refractivity contribution is -0.126. The number of halogens is 1. The second-order valence-corrected chi connectivity index (χ2v) is 7.46. The summed E-state index contributed by atoms with van der Waals surface area (Å²) in [6, 6.07) is 8.22. The van der Waals surface area contributed by atoms with Crippen LogP contribution in [0.3, 0.4) is 0 Å². The summed E-state index contributed by atoms with van der Waals surface area (Å²) in [4.78, 5) is 15.0. The van der Waals surface area contributed by atoms with Crippen LogP contribution < -0.4 is 11.1 Å². The number of rotatable bonds is 5. The van der Waals surface area contributed by atoms with Crippen molar-refractivity contribution in [2.75, 3.05) is 6.54 Å². The fraction of sp³-hybridized carbons (Fsp3) is 0.438. The lowest BCUT2D eigenvalue weighted by atomic mass is 9.95. The molecule has 0 radical (unpaired) electrons. The molecule has 2 atom stereocenters. The predicted molar refractivity (Wildman–Crippen MR) is 95.8 cm³/mol. The van der Waals surface area contributed by atoms with Gasteiger partial charge in [0.15, 0.2) is 0 Å². The van der Waals surface area contributed by atoms with E-state index in [0.717, 1.165) is 19.3 Å². The summed E-state index contributed by atoms with van der Waals surface area (Å²) in [5, 5.41) is 7.37. The lowest BCUT2D eigenvalue weighted by Gasteiger charge is -2.22. The molecule has 0 aliphatic heterocycles. The van der Waals surface area contributed by atoms with E-state index < -0.39 is 0 Å². The second-order valence-electron chi connectivity index (χ2n) is 5.51. The van der Waals surface area contributed by atoms with Gasteiger partial charge in [-0.1, -0.05) is 18.6 Å². The Hall–Kier alpha value is -0.880. The van der Waals surface area contributed by atoms with Crippen molar-refractivity contribution in [3.8, 4) is 0 Å². The summed E-state index contributed by atoms with van der Waals surface area (Å²) in [6.07, 6.45) is 3.16.